The molecule has 3 aromatic rings. The van der Waals surface area contributed by atoms with Crippen LogP contribution >= 0.6 is 0 Å². The number of furan rings is 1. The highest BCUT2D eigenvalue weighted by Crippen LogP contribution is 2.18. The summed E-state index contributed by atoms with van der Waals surface area (Å²) in [6.45, 7) is 4.96. The van der Waals surface area contributed by atoms with E-state index in [0.29, 0.717) is 5.82 Å². The zero-order valence-electron chi connectivity index (χ0n) is 15.0. The molecule has 1 amide bonds. The highest BCUT2D eigenvalue weighted by molar-refractivity contribution is 6.01. The highest BCUT2D eigenvalue weighted by Gasteiger charge is 2.18. The van der Waals surface area contributed by atoms with Crippen molar-refractivity contribution < 1.29 is 9.21 Å². The summed E-state index contributed by atoms with van der Waals surface area (Å²) in [5, 5.41) is 2.74. The van der Waals surface area contributed by atoms with Crippen LogP contribution < -0.4 is 10.2 Å². The fourth-order valence-corrected chi connectivity index (χ4v) is 3.24. The zero-order chi connectivity index (χ0) is 18.5. The quantitative estimate of drug-likeness (QED) is 0.755. The van der Waals surface area contributed by atoms with E-state index in [1.54, 1.807) is 12.1 Å². The predicted molar refractivity (Wildman–Crippen MR) is 105 cm³/mol. The van der Waals surface area contributed by atoms with Gasteiger partial charge in [-0.2, -0.15) is 0 Å². The van der Waals surface area contributed by atoms with Crippen LogP contribution in [-0.4, -0.2) is 42.0 Å². The number of benzene rings is 1. The van der Waals surface area contributed by atoms with Crippen LogP contribution in [0.2, 0.25) is 0 Å². The van der Waals surface area contributed by atoms with Crippen molar-refractivity contribution in [3.05, 3.63) is 78.4 Å². The van der Waals surface area contributed by atoms with Gasteiger partial charge in [0.25, 0.3) is 5.91 Å². The van der Waals surface area contributed by atoms with Gasteiger partial charge in [0.15, 0.2) is 5.76 Å². The molecule has 27 heavy (non-hydrogen) atoms. The van der Waals surface area contributed by atoms with Gasteiger partial charge in [-0.15, -0.1) is 0 Å². The van der Waals surface area contributed by atoms with Crippen molar-refractivity contribution >= 4 is 17.4 Å². The third-order valence-corrected chi connectivity index (χ3v) is 4.72. The summed E-state index contributed by atoms with van der Waals surface area (Å²) in [6, 6.07) is 17.7. The Kier molecular flexibility index (Phi) is 5.16. The Bertz CT molecular complexity index is 855. The summed E-state index contributed by atoms with van der Waals surface area (Å²) in [4.78, 5) is 21.1. The molecule has 4 rings (SSSR count). The van der Waals surface area contributed by atoms with E-state index in [1.807, 2.05) is 18.3 Å². The monoisotopic (exact) mass is 362 g/mol. The number of anilines is 2. The lowest BCUT2D eigenvalue weighted by Gasteiger charge is -2.36. The van der Waals surface area contributed by atoms with E-state index in [0.717, 1.165) is 38.4 Å². The van der Waals surface area contributed by atoms with Crippen LogP contribution in [0.25, 0.3) is 0 Å². The Morgan fingerprint density at radius 3 is 2.48 bits per heavy atom. The van der Waals surface area contributed by atoms with Gasteiger partial charge in [0.1, 0.15) is 5.82 Å². The molecular weight excluding hydrogens is 340 g/mol. The van der Waals surface area contributed by atoms with Crippen LogP contribution in [0.5, 0.6) is 0 Å². The number of carbonyl (C=O) groups is 1. The molecule has 1 fully saturated rings. The molecule has 0 unspecified atom stereocenters. The molecule has 138 valence electrons. The van der Waals surface area contributed by atoms with Gasteiger partial charge in [0.2, 0.25) is 0 Å². The molecule has 1 aromatic carbocycles. The Morgan fingerprint density at radius 1 is 1.00 bits per heavy atom. The van der Waals surface area contributed by atoms with Gasteiger partial charge in [-0.05, 0) is 29.8 Å². The standard InChI is InChI=1S/C21H22N4O2/c26-21(19-7-4-14-27-19)23-20-9-8-18(15-22-20)25-12-10-24(11-13-25)16-17-5-2-1-3-6-17/h1-9,14-15H,10-13,16H2,(H,22,23,26). The molecule has 1 aliphatic rings. The lowest BCUT2D eigenvalue weighted by molar-refractivity contribution is 0.0996. The predicted octanol–water partition coefficient (Wildman–Crippen LogP) is 3.25. The molecule has 0 saturated carbocycles. The molecule has 3 heterocycles. The first-order chi connectivity index (χ1) is 13.3. The van der Waals surface area contributed by atoms with Crippen molar-refractivity contribution in [3.63, 3.8) is 0 Å². The lowest BCUT2D eigenvalue weighted by Crippen LogP contribution is -2.46. The van der Waals surface area contributed by atoms with E-state index in [9.17, 15) is 4.79 Å². The van der Waals surface area contributed by atoms with Crippen LogP contribution in [0.1, 0.15) is 16.1 Å². The first-order valence-corrected chi connectivity index (χ1v) is 9.10. The van der Waals surface area contributed by atoms with E-state index in [-0.39, 0.29) is 11.7 Å². The maximum absolute atomic E-state index is 12.0. The number of amides is 1. The molecule has 0 atom stereocenters. The Balaban J connectivity index is 1.30. The van der Waals surface area contributed by atoms with Gasteiger partial charge >= 0.3 is 0 Å². The first kappa shape index (κ1) is 17.3. The number of pyridine rings is 1. The lowest BCUT2D eigenvalue weighted by atomic mass is 10.2. The normalized spacial score (nSPS) is 14.9. The van der Waals surface area contributed by atoms with Crippen LogP contribution in [0, 0.1) is 0 Å². The number of hydrogen-bond acceptors (Lipinski definition) is 5. The minimum Gasteiger partial charge on any atom is -0.459 e. The number of nitrogens with one attached hydrogen (secondary N) is 1. The second-order valence-electron chi connectivity index (χ2n) is 6.58. The Labute approximate surface area is 158 Å². The maximum Gasteiger partial charge on any atom is 0.292 e. The third kappa shape index (κ3) is 4.35. The second-order valence-corrected chi connectivity index (χ2v) is 6.58. The van der Waals surface area contributed by atoms with E-state index in [2.05, 4.69) is 50.4 Å². The fraction of sp³-hybridized carbons (Fsp3) is 0.238. The van der Waals surface area contributed by atoms with Crippen molar-refractivity contribution in [2.24, 2.45) is 0 Å². The average Bonchev–Trinajstić information content (AvgIpc) is 3.25. The van der Waals surface area contributed by atoms with Crippen molar-refractivity contribution in [2.75, 3.05) is 36.4 Å². The summed E-state index contributed by atoms with van der Waals surface area (Å²) < 4.78 is 5.09. The van der Waals surface area contributed by atoms with Gasteiger partial charge in [0, 0.05) is 32.7 Å². The average molecular weight is 362 g/mol. The fourth-order valence-electron chi connectivity index (χ4n) is 3.24. The SMILES string of the molecule is O=C(Nc1ccc(N2CCN(Cc3ccccc3)CC2)cn1)c1ccco1. The summed E-state index contributed by atoms with van der Waals surface area (Å²) in [5.74, 6) is 0.494. The molecule has 6 heteroatoms. The van der Waals surface area contributed by atoms with Crippen LogP contribution in [0.4, 0.5) is 11.5 Å². The largest absolute Gasteiger partial charge is 0.459 e. The van der Waals surface area contributed by atoms with Gasteiger partial charge in [-0.3, -0.25) is 9.69 Å². The van der Waals surface area contributed by atoms with Gasteiger partial charge in [-0.25, -0.2) is 4.98 Å². The topological polar surface area (TPSA) is 61.6 Å². The molecule has 2 aromatic heterocycles. The summed E-state index contributed by atoms with van der Waals surface area (Å²) >= 11 is 0. The minimum atomic E-state index is -0.297. The van der Waals surface area contributed by atoms with Gasteiger partial charge in [0.05, 0.1) is 18.1 Å². The van der Waals surface area contributed by atoms with Crippen molar-refractivity contribution in [2.45, 2.75) is 6.54 Å². The molecule has 6 nitrogen and oxygen atoms in total. The number of rotatable bonds is 5. The van der Waals surface area contributed by atoms with Crippen molar-refractivity contribution in [1.82, 2.24) is 9.88 Å². The Hall–Kier alpha value is -3.12. The van der Waals surface area contributed by atoms with Crippen LogP contribution in [0.3, 0.4) is 0 Å². The number of piperazine rings is 1. The molecule has 0 spiro atoms. The first-order valence-electron chi connectivity index (χ1n) is 9.10. The third-order valence-electron chi connectivity index (χ3n) is 4.72. The Morgan fingerprint density at radius 2 is 1.81 bits per heavy atom. The number of carbonyl (C=O) groups excluding carboxylic acids is 1. The van der Waals surface area contributed by atoms with Crippen LogP contribution in [0.15, 0.2) is 71.5 Å². The van der Waals surface area contributed by atoms with Gasteiger partial charge in [-0.1, -0.05) is 30.3 Å². The summed E-state index contributed by atoms with van der Waals surface area (Å²) in [7, 11) is 0. The zero-order valence-corrected chi connectivity index (χ0v) is 15.0. The van der Waals surface area contributed by atoms with Gasteiger partial charge < -0.3 is 14.6 Å². The second kappa shape index (κ2) is 8.05. The van der Waals surface area contributed by atoms with E-state index >= 15 is 0 Å². The number of hydrogen-bond donors (Lipinski definition) is 1. The molecule has 0 bridgehead atoms. The molecule has 1 saturated heterocycles. The molecular formula is C21H22N4O2. The number of nitrogens with zero attached hydrogens (tertiary/aromatic N) is 3. The van der Waals surface area contributed by atoms with Crippen molar-refractivity contribution in [1.29, 1.82) is 0 Å². The molecule has 1 N–H and O–H groups in total. The van der Waals surface area contributed by atoms with E-state index in [1.165, 1.54) is 11.8 Å². The smallest absolute Gasteiger partial charge is 0.292 e. The molecule has 0 aliphatic carbocycles. The van der Waals surface area contributed by atoms with E-state index < -0.39 is 0 Å². The maximum atomic E-state index is 12.0. The minimum absolute atomic E-state index is 0.274. The van der Waals surface area contributed by atoms with Crippen LogP contribution in [-0.2, 0) is 6.54 Å². The number of aromatic nitrogens is 1. The van der Waals surface area contributed by atoms with Crippen molar-refractivity contribution in [3.8, 4) is 0 Å². The van der Waals surface area contributed by atoms with E-state index in [4.69, 9.17) is 4.42 Å². The summed E-state index contributed by atoms with van der Waals surface area (Å²) in [5.41, 5.74) is 2.43. The highest BCUT2D eigenvalue weighted by atomic mass is 16.3. The molecule has 0 radical (unpaired) electrons. The molecule has 1 aliphatic heterocycles. The summed E-state index contributed by atoms with van der Waals surface area (Å²) in [6.07, 6.45) is 3.29.